The van der Waals surface area contributed by atoms with Gasteiger partial charge in [-0.2, -0.15) is 0 Å². The topological polar surface area (TPSA) is 90.7 Å². The number of nitrogens with one attached hydrogen (secondary N) is 1. The Morgan fingerprint density at radius 2 is 1.86 bits per heavy atom. The fraction of sp³-hybridized carbons (Fsp3) is 0.227. The number of anilines is 1. The molecule has 0 spiro atoms. The highest BCUT2D eigenvalue weighted by Gasteiger charge is 2.18. The van der Waals surface area contributed by atoms with Crippen LogP contribution in [-0.4, -0.2) is 25.1 Å². The maximum Gasteiger partial charge on any atom is 0.349 e. The number of aryl methyl sites for hydroxylation is 3. The summed E-state index contributed by atoms with van der Waals surface area (Å²) in [4.78, 5) is 29.1. The van der Waals surface area contributed by atoms with Crippen molar-refractivity contribution in [2.24, 2.45) is 0 Å². The number of hydrogen-bond donors (Lipinski definition) is 1. The molecule has 1 aromatic carbocycles. The van der Waals surface area contributed by atoms with Gasteiger partial charge >= 0.3 is 5.63 Å². The van der Waals surface area contributed by atoms with Crippen molar-refractivity contribution in [2.45, 2.75) is 19.8 Å². The van der Waals surface area contributed by atoms with Crippen LogP contribution < -0.4 is 20.4 Å². The van der Waals surface area contributed by atoms with E-state index in [1.165, 1.54) is 7.11 Å². The second-order valence-corrected chi connectivity index (χ2v) is 6.42. The maximum atomic E-state index is 12.6. The van der Waals surface area contributed by atoms with Gasteiger partial charge < -0.3 is 19.2 Å². The fourth-order valence-electron chi connectivity index (χ4n) is 2.96. The zero-order valence-electron chi connectivity index (χ0n) is 16.5. The van der Waals surface area contributed by atoms with Crippen molar-refractivity contribution in [2.75, 3.05) is 19.5 Å². The minimum Gasteiger partial charge on any atom is -0.497 e. The lowest BCUT2D eigenvalue weighted by Crippen LogP contribution is -2.23. The number of benzene rings is 1. The van der Waals surface area contributed by atoms with E-state index in [0.29, 0.717) is 29.9 Å². The molecule has 3 rings (SSSR count). The van der Waals surface area contributed by atoms with Gasteiger partial charge in [0.25, 0.3) is 5.91 Å². The van der Waals surface area contributed by atoms with E-state index in [9.17, 15) is 9.59 Å². The number of carbonyl (C=O) groups excluding carboxylic acids is 1. The molecule has 2 heterocycles. The molecular formula is C22H22N2O5. The van der Waals surface area contributed by atoms with E-state index in [1.807, 2.05) is 24.3 Å². The van der Waals surface area contributed by atoms with Crippen molar-refractivity contribution in [1.29, 1.82) is 0 Å². The molecule has 150 valence electrons. The lowest BCUT2D eigenvalue weighted by Gasteiger charge is -2.10. The number of rotatable bonds is 7. The van der Waals surface area contributed by atoms with E-state index in [1.54, 1.807) is 38.4 Å². The van der Waals surface area contributed by atoms with Crippen LogP contribution in [0.15, 0.2) is 57.9 Å². The smallest absolute Gasteiger partial charge is 0.349 e. The van der Waals surface area contributed by atoms with Gasteiger partial charge in [-0.1, -0.05) is 12.1 Å². The third-order valence-corrected chi connectivity index (χ3v) is 4.46. The van der Waals surface area contributed by atoms with Gasteiger partial charge in [0.1, 0.15) is 22.8 Å². The summed E-state index contributed by atoms with van der Waals surface area (Å²) in [7, 11) is 3.07. The van der Waals surface area contributed by atoms with Crippen molar-refractivity contribution in [3.8, 4) is 11.6 Å². The standard InChI is InChI=1S/C22H22N2O5/c1-14-13-17(11-8-15-6-9-16(27-2)10-7-15)29-22(26)19(14)20(25)24-18-5-4-12-23-21(18)28-3/h4-7,9-10,12-13H,8,11H2,1-3H3,(H,24,25). The molecule has 0 atom stereocenters. The second-order valence-electron chi connectivity index (χ2n) is 6.42. The second kappa shape index (κ2) is 9.05. The summed E-state index contributed by atoms with van der Waals surface area (Å²) >= 11 is 0. The monoisotopic (exact) mass is 394 g/mol. The van der Waals surface area contributed by atoms with Gasteiger partial charge in [-0.25, -0.2) is 9.78 Å². The Bertz CT molecular complexity index is 1060. The largest absolute Gasteiger partial charge is 0.497 e. The van der Waals surface area contributed by atoms with Crippen LogP contribution in [-0.2, 0) is 12.8 Å². The highest BCUT2D eigenvalue weighted by molar-refractivity contribution is 6.05. The molecule has 29 heavy (non-hydrogen) atoms. The van der Waals surface area contributed by atoms with Gasteiger partial charge in [-0.3, -0.25) is 4.79 Å². The Morgan fingerprint density at radius 1 is 1.10 bits per heavy atom. The van der Waals surface area contributed by atoms with Gasteiger partial charge in [0.2, 0.25) is 5.88 Å². The van der Waals surface area contributed by atoms with E-state index in [2.05, 4.69) is 10.3 Å². The molecule has 7 nitrogen and oxygen atoms in total. The van der Waals surface area contributed by atoms with Crippen LogP contribution in [0.1, 0.15) is 27.2 Å². The van der Waals surface area contributed by atoms with Crippen molar-refractivity contribution in [1.82, 2.24) is 4.98 Å². The van der Waals surface area contributed by atoms with Gasteiger partial charge in [-0.05, 0) is 54.8 Å². The molecule has 0 saturated carbocycles. The first-order valence-electron chi connectivity index (χ1n) is 9.08. The van der Waals surface area contributed by atoms with Crippen molar-refractivity contribution in [3.05, 3.63) is 81.5 Å². The number of pyridine rings is 1. The summed E-state index contributed by atoms with van der Waals surface area (Å²) < 4.78 is 15.6. The molecule has 0 fully saturated rings. The Labute approximate surface area is 168 Å². The van der Waals surface area contributed by atoms with E-state index in [0.717, 1.165) is 11.3 Å². The Hall–Kier alpha value is -3.61. The SMILES string of the molecule is COc1ccc(CCc2cc(C)c(C(=O)Nc3cccnc3OC)c(=O)o2)cc1. The lowest BCUT2D eigenvalue weighted by molar-refractivity contribution is 0.102. The van der Waals surface area contributed by atoms with E-state index in [-0.39, 0.29) is 11.4 Å². The third-order valence-electron chi connectivity index (χ3n) is 4.46. The Kier molecular flexibility index (Phi) is 6.29. The predicted octanol–water partition coefficient (Wildman–Crippen LogP) is 3.40. The van der Waals surface area contributed by atoms with Crippen LogP contribution in [0, 0.1) is 6.92 Å². The molecule has 0 aliphatic carbocycles. The molecule has 0 radical (unpaired) electrons. The summed E-state index contributed by atoms with van der Waals surface area (Å²) in [6.07, 6.45) is 2.79. The third kappa shape index (κ3) is 4.82. The van der Waals surface area contributed by atoms with Crippen LogP contribution in [0.5, 0.6) is 11.6 Å². The summed E-state index contributed by atoms with van der Waals surface area (Å²) in [5.74, 6) is 1.01. The molecule has 0 aliphatic heterocycles. The minimum atomic E-state index is -0.671. The molecule has 7 heteroatoms. The van der Waals surface area contributed by atoms with Crippen molar-refractivity contribution < 1.29 is 18.7 Å². The molecule has 2 aromatic heterocycles. The van der Waals surface area contributed by atoms with E-state index < -0.39 is 11.5 Å². The first-order valence-corrected chi connectivity index (χ1v) is 9.08. The summed E-state index contributed by atoms with van der Waals surface area (Å²) in [5, 5.41) is 2.65. The van der Waals surface area contributed by atoms with Gasteiger partial charge in [-0.15, -0.1) is 0 Å². The summed E-state index contributed by atoms with van der Waals surface area (Å²) in [5.41, 5.74) is 1.31. The Morgan fingerprint density at radius 3 is 2.52 bits per heavy atom. The molecule has 0 aliphatic rings. The first-order chi connectivity index (χ1) is 14.0. The maximum absolute atomic E-state index is 12.6. The predicted molar refractivity (Wildman–Crippen MR) is 109 cm³/mol. The highest BCUT2D eigenvalue weighted by atomic mass is 16.5. The number of aromatic nitrogens is 1. The lowest BCUT2D eigenvalue weighted by atomic mass is 10.1. The average Bonchev–Trinajstić information content (AvgIpc) is 2.72. The fourth-order valence-corrected chi connectivity index (χ4v) is 2.96. The zero-order valence-corrected chi connectivity index (χ0v) is 16.5. The highest BCUT2D eigenvalue weighted by Crippen LogP contribution is 2.21. The van der Waals surface area contributed by atoms with Crippen LogP contribution in [0.4, 0.5) is 5.69 Å². The van der Waals surface area contributed by atoms with E-state index in [4.69, 9.17) is 13.9 Å². The number of methoxy groups -OCH3 is 2. The molecule has 0 saturated heterocycles. The quantitative estimate of drug-likeness (QED) is 0.661. The van der Waals surface area contributed by atoms with Crippen molar-refractivity contribution in [3.63, 3.8) is 0 Å². The molecule has 0 unspecified atom stereocenters. The van der Waals surface area contributed by atoms with Gasteiger partial charge in [0.05, 0.1) is 14.2 Å². The minimum absolute atomic E-state index is 0.0379. The number of carbonyl (C=O) groups is 1. The molecule has 1 amide bonds. The van der Waals surface area contributed by atoms with E-state index >= 15 is 0 Å². The van der Waals surface area contributed by atoms with Gasteiger partial charge in [0.15, 0.2) is 0 Å². The van der Waals surface area contributed by atoms with Gasteiger partial charge in [0, 0.05) is 12.6 Å². The zero-order chi connectivity index (χ0) is 20.8. The van der Waals surface area contributed by atoms with Crippen LogP contribution in [0.2, 0.25) is 0 Å². The molecule has 1 N–H and O–H groups in total. The first kappa shape index (κ1) is 20.1. The Balaban J connectivity index is 1.74. The number of amides is 1. The summed E-state index contributed by atoms with van der Waals surface area (Å²) in [6.45, 7) is 1.71. The number of ether oxygens (including phenoxy) is 2. The van der Waals surface area contributed by atoms with Crippen LogP contribution in [0.3, 0.4) is 0 Å². The number of hydrogen-bond acceptors (Lipinski definition) is 6. The molecule has 3 aromatic rings. The van der Waals surface area contributed by atoms with Crippen LogP contribution in [0.25, 0.3) is 0 Å². The summed E-state index contributed by atoms with van der Waals surface area (Å²) in [6, 6.07) is 12.7. The molecular weight excluding hydrogens is 372 g/mol. The number of nitrogens with zero attached hydrogens (tertiary/aromatic N) is 1. The van der Waals surface area contributed by atoms with Crippen LogP contribution >= 0.6 is 0 Å². The average molecular weight is 394 g/mol. The normalized spacial score (nSPS) is 10.4. The van der Waals surface area contributed by atoms with Crippen molar-refractivity contribution >= 4 is 11.6 Å². The molecule has 0 bridgehead atoms.